The Morgan fingerprint density at radius 3 is 2.21 bits per heavy atom. The van der Waals surface area contributed by atoms with Crippen LogP contribution in [-0.4, -0.2) is 30.1 Å². The van der Waals surface area contributed by atoms with Gasteiger partial charge in [0.25, 0.3) is 5.91 Å². The number of aryl methyl sites for hydroxylation is 2. The molecule has 3 aromatic heterocycles. The van der Waals surface area contributed by atoms with Gasteiger partial charge >= 0.3 is 12.4 Å². The molecule has 0 radical (unpaired) electrons. The number of aromatic nitrogens is 4. The number of carbonyl (C=O) groups is 1. The number of anilines is 1. The zero-order valence-electron chi connectivity index (χ0n) is 17.7. The first-order valence-electron chi connectivity index (χ1n) is 9.51. The summed E-state index contributed by atoms with van der Waals surface area (Å²) in [5.41, 5.74) is 7.74. The Morgan fingerprint density at radius 1 is 1.06 bits per heavy atom. The van der Waals surface area contributed by atoms with E-state index in [4.69, 9.17) is 11.5 Å². The molecule has 180 valence electrons. The number of halogens is 6. The Balaban J connectivity index is 2.41. The number of pyridine rings is 1. The lowest BCUT2D eigenvalue weighted by molar-refractivity contribution is -0.146. The first-order chi connectivity index (χ1) is 15.6. The Morgan fingerprint density at radius 2 is 1.68 bits per heavy atom. The lowest BCUT2D eigenvalue weighted by Gasteiger charge is -2.16. The number of alkyl halides is 6. The van der Waals surface area contributed by atoms with Crippen LogP contribution in [0.5, 0.6) is 5.75 Å². The Hall–Kier alpha value is -3.97. The van der Waals surface area contributed by atoms with Crippen molar-refractivity contribution in [3.63, 3.8) is 0 Å². The average Bonchev–Trinajstić information content (AvgIpc) is 3.18. The van der Waals surface area contributed by atoms with Gasteiger partial charge in [0, 0.05) is 18.0 Å². The second-order valence-electron chi connectivity index (χ2n) is 7.68. The summed E-state index contributed by atoms with van der Waals surface area (Å²) in [6, 6.07) is 2.75. The van der Waals surface area contributed by atoms with Crippen LogP contribution in [0.25, 0.3) is 27.8 Å². The van der Waals surface area contributed by atoms with E-state index in [2.05, 4.69) is 9.97 Å². The molecule has 34 heavy (non-hydrogen) atoms. The lowest BCUT2D eigenvalue weighted by Crippen LogP contribution is -2.16. The molecule has 0 saturated carbocycles. The maximum absolute atomic E-state index is 14.1. The molecular formula is C20H16F6N6O2. The van der Waals surface area contributed by atoms with Gasteiger partial charge in [0.05, 0.1) is 16.8 Å². The van der Waals surface area contributed by atoms with Crippen molar-refractivity contribution < 1.29 is 36.2 Å². The van der Waals surface area contributed by atoms with Gasteiger partial charge in [0.15, 0.2) is 11.3 Å². The number of nitrogens with zero attached hydrogens (tertiary/aromatic N) is 4. The van der Waals surface area contributed by atoms with E-state index in [1.165, 1.54) is 19.1 Å². The van der Waals surface area contributed by atoms with Gasteiger partial charge in [-0.3, -0.25) is 9.36 Å². The molecule has 0 atom stereocenters. The van der Waals surface area contributed by atoms with Crippen LogP contribution < -0.4 is 11.5 Å². The van der Waals surface area contributed by atoms with Crippen LogP contribution in [0.2, 0.25) is 0 Å². The molecule has 0 aliphatic heterocycles. The number of imidazole rings is 1. The Labute approximate surface area is 186 Å². The predicted molar refractivity (Wildman–Crippen MR) is 109 cm³/mol. The highest BCUT2D eigenvalue weighted by Gasteiger charge is 2.43. The minimum atomic E-state index is -5.19. The van der Waals surface area contributed by atoms with Crippen molar-refractivity contribution in [1.82, 2.24) is 19.1 Å². The number of nitrogens with two attached hydrogens (primary N) is 2. The standard InChI is InChI=1S/C20H16F6N6O2/c1-6-4-5-8(33)7(2)12(6)32-13-9(10(15(32)27)16(28)34)14(19(21,22)23)30-17-11(13)29-18(31(17)3)20(24,25)26/h4-5,33H,27H2,1-3H3,(H2,28,34). The van der Waals surface area contributed by atoms with Crippen LogP contribution in [-0.2, 0) is 19.4 Å². The molecule has 14 heteroatoms. The van der Waals surface area contributed by atoms with Crippen molar-refractivity contribution in [3.05, 3.63) is 40.3 Å². The second-order valence-corrected chi connectivity index (χ2v) is 7.68. The highest BCUT2D eigenvalue weighted by molar-refractivity contribution is 6.17. The van der Waals surface area contributed by atoms with E-state index in [1.807, 2.05) is 0 Å². The summed E-state index contributed by atoms with van der Waals surface area (Å²) in [5, 5.41) is 9.32. The van der Waals surface area contributed by atoms with E-state index >= 15 is 0 Å². The molecule has 0 aliphatic rings. The first kappa shape index (κ1) is 23.2. The second kappa shape index (κ2) is 7.01. The molecule has 0 saturated heterocycles. The smallest absolute Gasteiger partial charge is 0.449 e. The van der Waals surface area contributed by atoms with E-state index in [0.29, 0.717) is 10.1 Å². The number of phenolic OH excluding ortho intramolecular Hbond substituents is 1. The van der Waals surface area contributed by atoms with Crippen LogP contribution in [0.1, 0.15) is 33.0 Å². The van der Waals surface area contributed by atoms with Gasteiger partial charge in [-0.2, -0.15) is 26.3 Å². The highest BCUT2D eigenvalue weighted by atomic mass is 19.4. The predicted octanol–water partition coefficient (Wildman–Crippen LogP) is 3.95. The maximum atomic E-state index is 14.1. The number of aromatic hydroxyl groups is 1. The first-order valence-corrected chi connectivity index (χ1v) is 9.51. The number of benzene rings is 1. The number of hydrogen-bond donors (Lipinski definition) is 3. The van der Waals surface area contributed by atoms with Crippen LogP contribution in [0.15, 0.2) is 12.1 Å². The number of rotatable bonds is 2. The maximum Gasteiger partial charge on any atom is 0.449 e. The quantitative estimate of drug-likeness (QED) is 0.370. The van der Waals surface area contributed by atoms with Gasteiger partial charge in [0.2, 0.25) is 5.82 Å². The molecule has 0 bridgehead atoms. The van der Waals surface area contributed by atoms with E-state index < -0.39 is 63.2 Å². The van der Waals surface area contributed by atoms with Crippen LogP contribution in [0, 0.1) is 13.8 Å². The zero-order chi connectivity index (χ0) is 25.5. The number of fused-ring (bicyclic) bond motifs is 3. The molecule has 1 amide bonds. The van der Waals surface area contributed by atoms with Crippen molar-refractivity contribution in [1.29, 1.82) is 0 Å². The average molecular weight is 486 g/mol. The lowest BCUT2D eigenvalue weighted by atomic mass is 10.1. The molecule has 4 aromatic rings. The number of nitrogen functional groups attached to an aromatic ring is 1. The van der Waals surface area contributed by atoms with E-state index in [9.17, 15) is 36.2 Å². The van der Waals surface area contributed by atoms with Gasteiger partial charge in [-0.1, -0.05) is 6.07 Å². The van der Waals surface area contributed by atoms with Crippen LogP contribution >= 0.6 is 0 Å². The molecule has 4 rings (SSSR count). The Bertz CT molecular complexity index is 1510. The minimum absolute atomic E-state index is 0.0508. The summed E-state index contributed by atoms with van der Waals surface area (Å²) in [4.78, 5) is 19.2. The fourth-order valence-electron chi connectivity index (χ4n) is 4.09. The number of hydrogen-bond acceptors (Lipinski definition) is 5. The van der Waals surface area contributed by atoms with Crippen molar-refractivity contribution in [2.75, 3.05) is 5.73 Å². The fourth-order valence-corrected chi connectivity index (χ4v) is 4.09. The van der Waals surface area contributed by atoms with Crippen molar-refractivity contribution in [2.45, 2.75) is 26.2 Å². The third kappa shape index (κ3) is 3.12. The number of phenols is 1. The largest absolute Gasteiger partial charge is 0.508 e. The van der Waals surface area contributed by atoms with Crippen molar-refractivity contribution >= 4 is 33.8 Å². The summed E-state index contributed by atoms with van der Waals surface area (Å²) < 4.78 is 84.2. The Kier molecular flexibility index (Phi) is 4.78. The SMILES string of the molecule is Cc1ccc(O)c(C)c1-n1c(N)c(C(N)=O)c2c(C(F)(F)F)nc3c(nc(C(F)(F)F)n3C)c21. The molecule has 5 N–H and O–H groups in total. The fraction of sp³-hybridized carbons (Fsp3) is 0.250. The number of carbonyl (C=O) groups excluding carboxylic acids is 1. The summed E-state index contributed by atoms with van der Waals surface area (Å²) in [7, 11) is 0.869. The molecule has 8 nitrogen and oxygen atoms in total. The normalized spacial score (nSPS) is 12.7. The van der Waals surface area contributed by atoms with Gasteiger partial charge in [-0.25, -0.2) is 9.97 Å². The highest BCUT2D eigenvalue weighted by Crippen LogP contribution is 2.45. The molecule has 0 aliphatic carbocycles. The van der Waals surface area contributed by atoms with Crippen molar-refractivity contribution in [2.24, 2.45) is 12.8 Å². The van der Waals surface area contributed by atoms with E-state index in [0.717, 1.165) is 11.6 Å². The molecule has 0 spiro atoms. The third-order valence-corrected chi connectivity index (χ3v) is 5.55. The zero-order valence-corrected chi connectivity index (χ0v) is 17.7. The number of amides is 1. The van der Waals surface area contributed by atoms with Crippen LogP contribution in [0.4, 0.5) is 32.2 Å². The summed E-state index contributed by atoms with van der Waals surface area (Å²) in [6.45, 7) is 2.97. The summed E-state index contributed by atoms with van der Waals surface area (Å²) >= 11 is 0. The minimum Gasteiger partial charge on any atom is -0.508 e. The molecule has 3 heterocycles. The molecular weight excluding hydrogens is 470 g/mol. The van der Waals surface area contributed by atoms with Crippen LogP contribution in [0.3, 0.4) is 0 Å². The van der Waals surface area contributed by atoms with Gasteiger partial charge in [0.1, 0.15) is 17.1 Å². The van der Waals surface area contributed by atoms with Crippen molar-refractivity contribution in [3.8, 4) is 11.4 Å². The van der Waals surface area contributed by atoms with Gasteiger partial charge < -0.3 is 21.1 Å². The van der Waals surface area contributed by atoms with E-state index in [-0.39, 0.29) is 17.0 Å². The van der Waals surface area contributed by atoms with Gasteiger partial charge in [-0.05, 0) is 25.5 Å². The molecule has 0 unspecified atom stereocenters. The molecule has 1 aromatic carbocycles. The summed E-state index contributed by atoms with van der Waals surface area (Å²) in [5.74, 6) is -3.69. The van der Waals surface area contributed by atoms with E-state index in [1.54, 1.807) is 6.92 Å². The third-order valence-electron chi connectivity index (χ3n) is 5.55. The monoisotopic (exact) mass is 486 g/mol. The topological polar surface area (TPSA) is 125 Å². The van der Waals surface area contributed by atoms with Gasteiger partial charge in [-0.15, -0.1) is 0 Å². The molecule has 0 fully saturated rings. The summed E-state index contributed by atoms with van der Waals surface area (Å²) in [6.07, 6.45) is -10.2. The number of primary amides is 1.